The summed E-state index contributed by atoms with van der Waals surface area (Å²) < 4.78 is 40.3. The van der Waals surface area contributed by atoms with E-state index in [9.17, 15) is 18.0 Å². The summed E-state index contributed by atoms with van der Waals surface area (Å²) in [6, 6.07) is 1.09. The molecule has 3 N–H and O–H groups in total. The van der Waals surface area contributed by atoms with Crippen LogP contribution in [0.3, 0.4) is 0 Å². The lowest BCUT2D eigenvalue weighted by atomic mass is 10.3. The second kappa shape index (κ2) is 5.70. The Morgan fingerprint density at radius 2 is 1.95 bits per heavy atom. The van der Waals surface area contributed by atoms with E-state index in [1.807, 2.05) is 0 Å². The first kappa shape index (κ1) is 14.0. The average molecular weight is 285 g/mol. The highest BCUT2D eigenvalue weighted by molar-refractivity contribution is 5.77. The van der Waals surface area contributed by atoms with Gasteiger partial charge in [0, 0.05) is 12.1 Å². The van der Waals surface area contributed by atoms with E-state index in [0.29, 0.717) is 17.8 Å². The van der Waals surface area contributed by atoms with Crippen LogP contribution in [0.1, 0.15) is 5.69 Å². The molecule has 0 aliphatic heterocycles. The Labute approximate surface area is 111 Å². The van der Waals surface area contributed by atoms with Gasteiger partial charge in [-0.25, -0.2) is 17.9 Å². The third-order valence-corrected chi connectivity index (χ3v) is 2.43. The minimum absolute atomic E-state index is 0.0430. The van der Waals surface area contributed by atoms with Crippen molar-refractivity contribution in [1.29, 1.82) is 0 Å². The van der Waals surface area contributed by atoms with Crippen molar-refractivity contribution in [3.05, 3.63) is 41.5 Å². The Morgan fingerprint density at radius 1 is 1.25 bits per heavy atom. The number of hydrogen-bond donors (Lipinski definition) is 2. The molecule has 0 fully saturated rings. The first-order valence-corrected chi connectivity index (χ1v) is 5.54. The quantitative estimate of drug-likeness (QED) is 0.789. The van der Waals surface area contributed by atoms with Gasteiger partial charge >= 0.3 is 0 Å². The van der Waals surface area contributed by atoms with Crippen LogP contribution in [0.15, 0.2) is 18.3 Å². The van der Waals surface area contributed by atoms with Crippen LogP contribution in [0.5, 0.6) is 0 Å². The fourth-order valence-electron chi connectivity index (χ4n) is 1.45. The number of nitrogens with zero attached hydrogens (tertiary/aromatic N) is 3. The van der Waals surface area contributed by atoms with Gasteiger partial charge < -0.3 is 11.1 Å². The molecule has 0 aliphatic rings. The molecule has 1 amide bonds. The first-order valence-electron chi connectivity index (χ1n) is 5.54. The topological polar surface area (TPSA) is 85.8 Å². The molecule has 6 nitrogen and oxygen atoms in total. The van der Waals surface area contributed by atoms with Gasteiger partial charge in [-0.3, -0.25) is 4.79 Å². The number of aromatic nitrogens is 3. The summed E-state index contributed by atoms with van der Waals surface area (Å²) >= 11 is 0. The van der Waals surface area contributed by atoms with Crippen LogP contribution in [-0.2, 0) is 11.3 Å². The Balaban J connectivity index is 2.20. The highest BCUT2D eigenvalue weighted by atomic mass is 19.2. The SMILES string of the molecule is NCC(=O)NCc1cn(-c2cc(F)c(F)cc2F)nn1. The summed E-state index contributed by atoms with van der Waals surface area (Å²) in [6.45, 7) is -0.132. The second-order valence-electron chi connectivity index (χ2n) is 3.85. The molecule has 2 rings (SSSR count). The standard InChI is InChI=1S/C11H10F3N5O/c12-7-1-9(14)10(2-8(7)13)19-5-6(17-18-19)4-16-11(20)3-15/h1-2,5H,3-4,15H2,(H,16,20). The zero-order valence-electron chi connectivity index (χ0n) is 10.1. The number of rotatable bonds is 4. The number of benzene rings is 1. The van der Waals surface area contributed by atoms with E-state index in [-0.39, 0.29) is 18.8 Å². The van der Waals surface area contributed by atoms with Gasteiger partial charge in [0.1, 0.15) is 11.4 Å². The van der Waals surface area contributed by atoms with Crippen molar-refractivity contribution in [2.24, 2.45) is 5.73 Å². The molecule has 1 aromatic carbocycles. The van der Waals surface area contributed by atoms with Crippen molar-refractivity contribution < 1.29 is 18.0 Å². The van der Waals surface area contributed by atoms with Crippen LogP contribution in [0.2, 0.25) is 0 Å². The van der Waals surface area contributed by atoms with Crippen molar-refractivity contribution in [1.82, 2.24) is 20.3 Å². The molecule has 0 aliphatic carbocycles. The summed E-state index contributed by atoms with van der Waals surface area (Å²) in [5.74, 6) is -3.86. The van der Waals surface area contributed by atoms with E-state index in [1.165, 1.54) is 6.20 Å². The Bertz CT molecular complexity index is 643. The molecule has 1 aromatic heterocycles. The van der Waals surface area contributed by atoms with E-state index >= 15 is 0 Å². The molecule has 0 spiro atoms. The highest BCUT2D eigenvalue weighted by Crippen LogP contribution is 2.17. The van der Waals surface area contributed by atoms with Gasteiger partial charge in [-0.15, -0.1) is 5.10 Å². The fraction of sp³-hybridized carbons (Fsp3) is 0.182. The lowest BCUT2D eigenvalue weighted by molar-refractivity contribution is -0.119. The molecule has 0 radical (unpaired) electrons. The predicted octanol–water partition coefficient (Wildman–Crippen LogP) is 0.259. The van der Waals surface area contributed by atoms with Crippen LogP contribution < -0.4 is 11.1 Å². The molecule has 0 unspecified atom stereocenters. The number of amides is 1. The van der Waals surface area contributed by atoms with E-state index in [4.69, 9.17) is 5.73 Å². The van der Waals surface area contributed by atoms with Gasteiger partial charge in [0.2, 0.25) is 5.91 Å². The number of carbonyl (C=O) groups is 1. The Hall–Kier alpha value is -2.42. The van der Waals surface area contributed by atoms with E-state index in [2.05, 4.69) is 15.6 Å². The summed E-state index contributed by atoms with van der Waals surface area (Å²) in [5.41, 5.74) is 5.13. The van der Waals surface area contributed by atoms with E-state index in [1.54, 1.807) is 0 Å². The van der Waals surface area contributed by atoms with Crippen LogP contribution >= 0.6 is 0 Å². The lowest BCUT2D eigenvalue weighted by Gasteiger charge is -2.03. The summed E-state index contributed by atoms with van der Waals surface area (Å²) in [4.78, 5) is 11.0. The van der Waals surface area contributed by atoms with E-state index < -0.39 is 23.4 Å². The Morgan fingerprint density at radius 3 is 2.65 bits per heavy atom. The zero-order valence-corrected chi connectivity index (χ0v) is 10.1. The molecule has 0 saturated heterocycles. The van der Waals surface area contributed by atoms with Gasteiger partial charge in [-0.2, -0.15) is 0 Å². The largest absolute Gasteiger partial charge is 0.349 e. The van der Waals surface area contributed by atoms with Crippen molar-refractivity contribution in [3.8, 4) is 5.69 Å². The third-order valence-electron chi connectivity index (χ3n) is 2.43. The maximum atomic E-state index is 13.5. The van der Waals surface area contributed by atoms with Crippen LogP contribution in [0.4, 0.5) is 13.2 Å². The molecule has 20 heavy (non-hydrogen) atoms. The second-order valence-corrected chi connectivity index (χ2v) is 3.85. The summed E-state index contributed by atoms with van der Waals surface area (Å²) in [7, 11) is 0. The van der Waals surface area contributed by atoms with Gasteiger partial charge in [0.05, 0.1) is 19.3 Å². The Kier molecular flexibility index (Phi) is 3.99. The monoisotopic (exact) mass is 285 g/mol. The predicted molar refractivity (Wildman–Crippen MR) is 62.1 cm³/mol. The minimum Gasteiger partial charge on any atom is -0.349 e. The lowest BCUT2D eigenvalue weighted by Crippen LogP contribution is -2.29. The van der Waals surface area contributed by atoms with Crippen molar-refractivity contribution in [2.75, 3.05) is 6.54 Å². The van der Waals surface area contributed by atoms with Gasteiger partial charge in [-0.05, 0) is 0 Å². The smallest absolute Gasteiger partial charge is 0.234 e. The van der Waals surface area contributed by atoms with Gasteiger partial charge in [0.15, 0.2) is 17.5 Å². The van der Waals surface area contributed by atoms with Crippen LogP contribution in [0.25, 0.3) is 5.69 Å². The number of halogens is 3. The molecular formula is C11H10F3N5O. The van der Waals surface area contributed by atoms with Gasteiger partial charge in [-0.1, -0.05) is 5.21 Å². The van der Waals surface area contributed by atoms with Crippen molar-refractivity contribution >= 4 is 5.91 Å². The van der Waals surface area contributed by atoms with Crippen molar-refractivity contribution in [3.63, 3.8) is 0 Å². The molecule has 1 heterocycles. The molecule has 0 bridgehead atoms. The maximum Gasteiger partial charge on any atom is 0.234 e. The highest BCUT2D eigenvalue weighted by Gasteiger charge is 2.13. The molecule has 0 atom stereocenters. The first-order chi connectivity index (χ1) is 9.51. The number of carbonyl (C=O) groups excluding carboxylic acids is 1. The van der Waals surface area contributed by atoms with Crippen molar-refractivity contribution in [2.45, 2.75) is 6.54 Å². The third kappa shape index (κ3) is 2.94. The van der Waals surface area contributed by atoms with Crippen LogP contribution in [0, 0.1) is 17.5 Å². The molecule has 2 aromatic rings. The van der Waals surface area contributed by atoms with Gasteiger partial charge in [0.25, 0.3) is 0 Å². The van der Waals surface area contributed by atoms with E-state index in [0.717, 1.165) is 4.68 Å². The minimum atomic E-state index is -1.29. The van der Waals surface area contributed by atoms with Crippen LogP contribution in [-0.4, -0.2) is 27.4 Å². The molecular weight excluding hydrogens is 275 g/mol. The summed E-state index contributed by atoms with van der Waals surface area (Å²) in [5, 5.41) is 9.68. The fourth-order valence-corrected chi connectivity index (χ4v) is 1.45. The molecule has 9 heteroatoms. The number of nitrogens with two attached hydrogens (primary N) is 1. The molecule has 0 saturated carbocycles. The molecule has 106 valence electrons. The summed E-state index contributed by atoms with van der Waals surface area (Å²) in [6.07, 6.45) is 1.28. The maximum absolute atomic E-state index is 13.5. The zero-order chi connectivity index (χ0) is 14.7. The average Bonchev–Trinajstić information content (AvgIpc) is 2.88. The number of hydrogen-bond acceptors (Lipinski definition) is 4. The normalized spacial score (nSPS) is 10.6. The number of nitrogens with one attached hydrogen (secondary N) is 1.